The number of ether oxygens (including phenoxy) is 1. The van der Waals surface area contributed by atoms with Gasteiger partial charge in [-0.2, -0.15) is 0 Å². The van der Waals surface area contributed by atoms with Crippen molar-refractivity contribution in [1.29, 1.82) is 0 Å². The number of carboxylic acid groups (broad SMARTS) is 1. The molecule has 0 aliphatic carbocycles. The summed E-state index contributed by atoms with van der Waals surface area (Å²) < 4.78 is 5.11. The van der Waals surface area contributed by atoms with E-state index in [1.807, 2.05) is 30.3 Å². The molecule has 0 aromatic heterocycles. The molecule has 1 aromatic rings. The molecule has 0 saturated carbocycles. The van der Waals surface area contributed by atoms with Gasteiger partial charge in [-0.3, -0.25) is 0 Å². The molecule has 0 radical (unpaired) electrons. The topological polar surface area (TPSA) is 61.9 Å². The van der Waals surface area contributed by atoms with Crippen LogP contribution in [0.3, 0.4) is 0 Å². The fourth-order valence-electron chi connectivity index (χ4n) is 1.58. The molecule has 0 bridgehead atoms. The summed E-state index contributed by atoms with van der Waals surface area (Å²) in [6.07, 6.45) is -0.0809. The number of carbonyl (C=O) groups is 1. The van der Waals surface area contributed by atoms with Crippen LogP contribution in [0, 0.1) is 0 Å². The summed E-state index contributed by atoms with van der Waals surface area (Å²) >= 11 is 0. The molecule has 15 heavy (non-hydrogen) atoms. The Bertz CT molecular complexity index is 335. The largest absolute Gasteiger partial charge is 0.465 e. The zero-order chi connectivity index (χ0) is 10.7. The van der Waals surface area contributed by atoms with Crippen LogP contribution in [0.2, 0.25) is 0 Å². The quantitative estimate of drug-likeness (QED) is 0.740. The molecular weight excluding hydrogens is 194 g/mol. The Balaban J connectivity index is 2.06. The van der Waals surface area contributed by atoms with Gasteiger partial charge < -0.3 is 15.2 Å². The second-order valence-corrected chi connectivity index (χ2v) is 3.60. The highest BCUT2D eigenvalue weighted by molar-refractivity contribution is 5.65. The molecule has 1 unspecified atom stereocenters. The Morgan fingerprint density at radius 1 is 1.53 bits per heavy atom. The van der Waals surface area contributed by atoms with Crippen LogP contribution < -0.4 is 5.32 Å². The monoisotopic (exact) mass is 207 g/mol. The van der Waals surface area contributed by atoms with Crippen molar-refractivity contribution in [2.24, 2.45) is 0 Å². The summed E-state index contributed by atoms with van der Waals surface area (Å²) in [7, 11) is 0. The van der Waals surface area contributed by atoms with Crippen LogP contribution in [0.15, 0.2) is 30.3 Å². The van der Waals surface area contributed by atoms with Crippen LogP contribution >= 0.6 is 0 Å². The first-order valence-corrected chi connectivity index (χ1v) is 4.91. The summed E-state index contributed by atoms with van der Waals surface area (Å²) in [4.78, 5) is 10.6. The van der Waals surface area contributed by atoms with Crippen molar-refractivity contribution >= 4 is 6.09 Å². The molecule has 1 amide bonds. The Labute approximate surface area is 87.9 Å². The maximum Gasteiger partial charge on any atom is 0.405 e. The van der Waals surface area contributed by atoms with Crippen molar-refractivity contribution < 1.29 is 14.6 Å². The number of benzene rings is 1. The fourth-order valence-corrected chi connectivity index (χ4v) is 1.58. The van der Waals surface area contributed by atoms with Crippen LogP contribution in [0.1, 0.15) is 18.0 Å². The summed E-state index contributed by atoms with van der Waals surface area (Å²) in [6.45, 7) is 0.741. The van der Waals surface area contributed by atoms with E-state index in [1.165, 1.54) is 0 Å². The molecule has 80 valence electrons. The number of hydrogen-bond donors (Lipinski definition) is 2. The predicted molar refractivity (Wildman–Crippen MR) is 54.7 cm³/mol. The number of epoxide rings is 1. The lowest BCUT2D eigenvalue weighted by Gasteiger charge is -2.15. The van der Waals surface area contributed by atoms with E-state index >= 15 is 0 Å². The molecule has 1 aromatic carbocycles. The maximum atomic E-state index is 10.6. The van der Waals surface area contributed by atoms with Crippen LogP contribution in [0.4, 0.5) is 4.79 Å². The normalized spacial score (nSPS) is 20.7. The number of nitrogens with one attached hydrogen (secondary N) is 1. The third-order valence-electron chi connectivity index (χ3n) is 2.40. The van der Waals surface area contributed by atoms with E-state index in [2.05, 4.69) is 5.32 Å². The van der Waals surface area contributed by atoms with Gasteiger partial charge in [0.05, 0.1) is 18.8 Å². The van der Waals surface area contributed by atoms with Crippen molar-refractivity contribution in [3.8, 4) is 0 Å². The van der Waals surface area contributed by atoms with Gasteiger partial charge in [-0.1, -0.05) is 30.3 Å². The standard InChI is InChI=1S/C11H13NO3/c13-11(14)12-10(6-9-7-15-9)8-4-2-1-3-5-8/h1-5,9-10,12H,6-7H2,(H,13,14)/t9?,10-/m0/s1. The van der Waals surface area contributed by atoms with E-state index in [0.717, 1.165) is 12.2 Å². The van der Waals surface area contributed by atoms with E-state index in [0.29, 0.717) is 6.42 Å². The third kappa shape index (κ3) is 2.95. The van der Waals surface area contributed by atoms with Crippen molar-refractivity contribution in [2.45, 2.75) is 18.6 Å². The van der Waals surface area contributed by atoms with Gasteiger partial charge in [0.2, 0.25) is 0 Å². The molecule has 2 atom stereocenters. The van der Waals surface area contributed by atoms with Gasteiger partial charge in [-0.05, 0) is 5.56 Å². The minimum atomic E-state index is -0.996. The van der Waals surface area contributed by atoms with Gasteiger partial charge in [0.25, 0.3) is 0 Å². The SMILES string of the molecule is O=C(O)N[C@@H](CC1CO1)c1ccccc1. The molecule has 2 rings (SSSR count). The lowest BCUT2D eigenvalue weighted by molar-refractivity contribution is 0.188. The van der Waals surface area contributed by atoms with Crippen molar-refractivity contribution in [3.05, 3.63) is 35.9 Å². The van der Waals surface area contributed by atoms with Crippen LogP contribution in [-0.4, -0.2) is 23.9 Å². The molecule has 4 heteroatoms. The van der Waals surface area contributed by atoms with Gasteiger partial charge in [0.1, 0.15) is 0 Å². The summed E-state index contributed by atoms with van der Waals surface area (Å²) in [5.74, 6) is 0. The van der Waals surface area contributed by atoms with Crippen LogP contribution in [-0.2, 0) is 4.74 Å². The highest BCUT2D eigenvalue weighted by Crippen LogP contribution is 2.25. The van der Waals surface area contributed by atoms with Gasteiger partial charge in [0.15, 0.2) is 0 Å². The molecular formula is C11H13NO3. The van der Waals surface area contributed by atoms with Crippen molar-refractivity contribution in [2.75, 3.05) is 6.61 Å². The van der Waals surface area contributed by atoms with Crippen LogP contribution in [0.5, 0.6) is 0 Å². The molecule has 1 fully saturated rings. The molecule has 2 N–H and O–H groups in total. The van der Waals surface area contributed by atoms with E-state index in [4.69, 9.17) is 9.84 Å². The van der Waals surface area contributed by atoms with Gasteiger partial charge in [-0.25, -0.2) is 4.79 Å². The summed E-state index contributed by atoms with van der Waals surface area (Å²) in [5, 5.41) is 11.2. The second kappa shape index (κ2) is 4.31. The van der Waals surface area contributed by atoms with E-state index in [-0.39, 0.29) is 12.1 Å². The van der Waals surface area contributed by atoms with Crippen molar-refractivity contribution in [1.82, 2.24) is 5.32 Å². The molecule has 1 saturated heterocycles. The van der Waals surface area contributed by atoms with Gasteiger partial charge >= 0.3 is 6.09 Å². The van der Waals surface area contributed by atoms with Gasteiger partial charge in [0, 0.05) is 6.42 Å². The molecule has 1 aliphatic rings. The Morgan fingerprint density at radius 3 is 2.73 bits per heavy atom. The molecule has 1 heterocycles. The van der Waals surface area contributed by atoms with Crippen LogP contribution in [0.25, 0.3) is 0 Å². The second-order valence-electron chi connectivity index (χ2n) is 3.60. The van der Waals surface area contributed by atoms with E-state index in [9.17, 15) is 4.79 Å². The predicted octanol–water partition coefficient (Wildman–Crippen LogP) is 1.78. The summed E-state index contributed by atoms with van der Waals surface area (Å²) in [5.41, 5.74) is 0.982. The summed E-state index contributed by atoms with van der Waals surface area (Å²) in [6, 6.07) is 9.39. The van der Waals surface area contributed by atoms with E-state index in [1.54, 1.807) is 0 Å². The number of hydrogen-bond acceptors (Lipinski definition) is 2. The highest BCUT2D eigenvalue weighted by atomic mass is 16.6. The first kappa shape index (κ1) is 9.98. The zero-order valence-corrected chi connectivity index (χ0v) is 8.22. The highest BCUT2D eigenvalue weighted by Gasteiger charge is 2.28. The zero-order valence-electron chi connectivity index (χ0n) is 8.22. The minimum absolute atomic E-state index is 0.170. The molecule has 4 nitrogen and oxygen atoms in total. The number of amides is 1. The lowest BCUT2D eigenvalue weighted by atomic mass is 10.0. The minimum Gasteiger partial charge on any atom is -0.465 e. The Morgan fingerprint density at radius 2 is 2.20 bits per heavy atom. The average Bonchev–Trinajstić information content (AvgIpc) is 3.01. The smallest absolute Gasteiger partial charge is 0.405 e. The Kier molecular flexibility index (Phi) is 2.87. The average molecular weight is 207 g/mol. The lowest BCUT2D eigenvalue weighted by Crippen LogP contribution is -2.27. The fraction of sp³-hybridized carbons (Fsp3) is 0.364. The first-order valence-electron chi connectivity index (χ1n) is 4.91. The van der Waals surface area contributed by atoms with E-state index < -0.39 is 6.09 Å². The molecule has 0 spiro atoms. The molecule has 1 aliphatic heterocycles. The third-order valence-corrected chi connectivity index (χ3v) is 2.40. The maximum absolute atomic E-state index is 10.6. The Hall–Kier alpha value is -1.55. The van der Waals surface area contributed by atoms with Crippen molar-refractivity contribution in [3.63, 3.8) is 0 Å². The van der Waals surface area contributed by atoms with Gasteiger partial charge in [-0.15, -0.1) is 0 Å². The number of rotatable bonds is 4. The first-order chi connectivity index (χ1) is 7.25.